The van der Waals surface area contributed by atoms with Crippen LogP contribution in [0.25, 0.3) is 0 Å². The number of hydrogen-bond donors (Lipinski definition) is 8. The number of aliphatic hydroxyl groups excluding tert-OH is 2. The van der Waals surface area contributed by atoms with Gasteiger partial charge in [-0.1, -0.05) is 141 Å². The lowest BCUT2D eigenvalue weighted by Gasteiger charge is -2.48. The van der Waals surface area contributed by atoms with Gasteiger partial charge < -0.3 is 76.3 Å². The Morgan fingerprint density at radius 3 is 1.55 bits per heavy atom. The van der Waals surface area contributed by atoms with E-state index < -0.39 is 109 Å². The smallest absolute Gasteiger partial charge is 0.306 e. The fourth-order valence-corrected chi connectivity index (χ4v) is 11.0. The number of esters is 3. The van der Waals surface area contributed by atoms with E-state index in [2.05, 4.69) is 48.8 Å². The summed E-state index contributed by atoms with van der Waals surface area (Å²) in [6, 6.07) is -3.39. The summed E-state index contributed by atoms with van der Waals surface area (Å²) >= 11 is 0. The Morgan fingerprint density at radius 2 is 1.05 bits per heavy atom. The predicted molar refractivity (Wildman–Crippen MR) is 319 cm³/mol. The highest BCUT2D eigenvalue weighted by Crippen LogP contribution is 2.32. The fourth-order valence-electron chi connectivity index (χ4n) is 11.0. The van der Waals surface area contributed by atoms with Crippen LogP contribution in [-0.4, -0.2) is 151 Å². The summed E-state index contributed by atoms with van der Waals surface area (Å²) in [6.07, 6.45) is 31.5. The van der Waals surface area contributed by atoms with Gasteiger partial charge in [0, 0.05) is 31.3 Å². The molecule has 0 aromatic rings. The van der Waals surface area contributed by atoms with Gasteiger partial charge in [-0.05, 0) is 104 Å². The second kappa shape index (κ2) is 43.5. The number of carbonyl (C=O) groups excluding carboxylic acids is 4. The summed E-state index contributed by atoms with van der Waals surface area (Å²) in [6.45, 7) is 7.05. The molecule has 19 nitrogen and oxygen atoms in total. The number of amides is 1. The van der Waals surface area contributed by atoms with E-state index in [1.54, 1.807) is 14.0 Å². The van der Waals surface area contributed by atoms with E-state index in [-0.39, 0.29) is 51.9 Å². The molecule has 3 rings (SSSR count). The fraction of sp³-hybridized carbons (Fsp3) is 0.873. The van der Waals surface area contributed by atoms with Gasteiger partial charge >= 0.3 is 17.9 Å². The van der Waals surface area contributed by atoms with Gasteiger partial charge in [-0.3, -0.25) is 19.2 Å². The Kier molecular flexibility index (Phi) is 38.8. The predicted octanol–water partition coefficient (Wildman–Crippen LogP) is 8.42. The molecule has 476 valence electrons. The molecule has 1 saturated carbocycles. The summed E-state index contributed by atoms with van der Waals surface area (Å²) in [5, 5.41) is 39.0. The van der Waals surface area contributed by atoms with Gasteiger partial charge in [-0.2, -0.15) is 0 Å². The zero-order valence-corrected chi connectivity index (χ0v) is 51.3. The summed E-state index contributed by atoms with van der Waals surface area (Å²) in [7, 11) is 1.60. The molecule has 1 aliphatic carbocycles. The molecule has 14 unspecified atom stereocenters. The van der Waals surface area contributed by atoms with Crippen LogP contribution >= 0.6 is 0 Å². The maximum atomic E-state index is 13.2. The van der Waals surface area contributed by atoms with Crippen molar-refractivity contribution in [3.63, 3.8) is 0 Å². The zero-order chi connectivity index (χ0) is 60.0. The number of unbranched alkanes of at least 4 members (excludes halogenated alkanes) is 22. The maximum absolute atomic E-state index is 13.2. The molecule has 1 amide bonds. The monoisotopic (exact) mass is 1170 g/mol. The molecule has 11 N–H and O–H groups in total. The van der Waals surface area contributed by atoms with Crippen molar-refractivity contribution in [1.29, 1.82) is 0 Å². The zero-order valence-electron chi connectivity index (χ0n) is 51.3. The molecule has 2 heterocycles. The highest BCUT2D eigenvalue weighted by Gasteiger charge is 2.51. The molecule has 19 heteroatoms. The first kappa shape index (κ1) is 73.2. The van der Waals surface area contributed by atoms with Crippen molar-refractivity contribution >= 4 is 23.8 Å². The minimum Gasteiger partial charge on any atom is -0.462 e. The third-order valence-electron chi connectivity index (χ3n) is 16.2. The number of allylic oxidation sites excluding steroid dienone is 4. The number of aliphatic hydroxyl groups is 3. The third-order valence-corrected chi connectivity index (χ3v) is 16.2. The maximum Gasteiger partial charge on any atom is 0.306 e. The molecular formula is C63H115N5O14. The van der Waals surface area contributed by atoms with E-state index in [4.69, 9.17) is 50.4 Å². The number of ether oxygens (including phenoxy) is 7. The summed E-state index contributed by atoms with van der Waals surface area (Å²) in [5.74, 6) is -1.97. The van der Waals surface area contributed by atoms with Crippen molar-refractivity contribution in [2.45, 2.75) is 325 Å². The number of likely N-dealkylation sites (N-methyl/N-ethyl adjacent to an activating group) is 1. The Hall–Kier alpha value is -3.08. The Balaban J connectivity index is 1.42. The number of rotatable bonds is 45. The first-order valence-electron chi connectivity index (χ1n) is 32.2. The summed E-state index contributed by atoms with van der Waals surface area (Å²) in [5.41, 5.74) is 17.9. The van der Waals surface area contributed by atoms with Crippen molar-refractivity contribution in [2.75, 3.05) is 26.9 Å². The number of carbonyl (C=O) groups is 4. The molecule has 0 bridgehead atoms. The first-order valence-corrected chi connectivity index (χ1v) is 32.2. The number of hydrogen-bond acceptors (Lipinski definition) is 18. The molecule has 0 spiro atoms. The molecule has 0 aromatic carbocycles. The molecule has 3 fully saturated rings. The lowest BCUT2D eigenvalue weighted by molar-refractivity contribution is -0.307. The lowest BCUT2D eigenvalue weighted by atomic mass is 9.84. The van der Waals surface area contributed by atoms with E-state index >= 15 is 0 Å². The van der Waals surface area contributed by atoms with Crippen LogP contribution in [0, 0.1) is 0 Å². The molecule has 2 aliphatic heterocycles. The van der Waals surface area contributed by atoms with Crippen LogP contribution in [0.5, 0.6) is 0 Å². The standard InChI is InChI=1S/C63H115N5O14/c1-6-8-10-12-14-16-18-20-22-24-26-28-30-32-34-36-53(70)76-43-47(79-55(72)37-35-33-31-29-27-25-23-21-19-17-15-13-11-9-7-2)44-77-54(71)41-40-52(69)68-46(3)51-39-38-48(64)61(80-51)81-58-49(65)42-50(66)59(56(58)73)82-62-57(74)60(67-5)63(4,75)45-78-62/h20-23,46-51,56-62,67,73-75H,6-19,24-45,64-66H2,1-5H3,(H,68,69). The van der Waals surface area contributed by atoms with Crippen LogP contribution in [0.4, 0.5) is 0 Å². The molecule has 2 saturated heterocycles. The van der Waals surface area contributed by atoms with E-state index in [0.717, 1.165) is 77.0 Å². The van der Waals surface area contributed by atoms with E-state index in [1.807, 2.05) is 0 Å². The van der Waals surface area contributed by atoms with E-state index in [0.29, 0.717) is 25.7 Å². The largest absolute Gasteiger partial charge is 0.462 e. The SMILES string of the molecule is CCCCCCCCC=CCCCCCCCC(=O)OCC(COC(=O)CCC(=O)NC(C)C1CCC(N)C(OC2C(N)CC(N)C(OC3OCC(C)(O)C(NC)C3O)C2O)O1)OC(=O)CCCCCCCC=CCCCCCCCC. The molecule has 14 atom stereocenters. The highest BCUT2D eigenvalue weighted by atomic mass is 16.7. The van der Waals surface area contributed by atoms with E-state index in [9.17, 15) is 34.5 Å². The van der Waals surface area contributed by atoms with Gasteiger partial charge in [0.05, 0.1) is 37.3 Å². The van der Waals surface area contributed by atoms with Crippen molar-refractivity contribution in [3.05, 3.63) is 24.3 Å². The van der Waals surface area contributed by atoms with Gasteiger partial charge in [0.15, 0.2) is 18.7 Å². The van der Waals surface area contributed by atoms with Crippen LogP contribution in [0.2, 0.25) is 0 Å². The van der Waals surface area contributed by atoms with Gasteiger partial charge in [0.2, 0.25) is 5.91 Å². The number of nitrogens with one attached hydrogen (secondary N) is 2. The molecule has 0 radical (unpaired) electrons. The normalized spacial score (nSPS) is 27.6. The van der Waals surface area contributed by atoms with Crippen molar-refractivity contribution < 1.29 is 67.7 Å². The molecular weight excluding hydrogens is 1050 g/mol. The van der Waals surface area contributed by atoms with Crippen LogP contribution < -0.4 is 27.8 Å². The number of nitrogens with two attached hydrogens (primary N) is 3. The van der Waals surface area contributed by atoms with Gasteiger partial charge in [0.1, 0.15) is 43.2 Å². The topological polar surface area (TPSA) is 296 Å². The van der Waals surface area contributed by atoms with Gasteiger partial charge in [-0.15, -0.1) is 0 Å². The minimum atomic E-state index is -1.38. The van der Waals surface area contributed by atoms with E-state index in [1.165, 1.54) is 84.0 Å². The van der Waals surface area contributed by atoms with Crippen LogP contribution in [0.15, 0.2) is 24.3 Å². The first-order chi connectivity index (χ1) is 39.5. The average Bonchev–Trinajstić information content (AvgIpc) is 3.55. The Morgan fingerprint density at radius 1 is 0.598 bits per heavy atom. The second-order valence-electron chi connectivity index (χ2n) is 23.8. The molecule has 0 aromatic heterocycles. The minimum absolute atomic E-state index is 0.140. The van der Waals surface area contributed by atoms with Crippen LogP contribution in [-0.2, 0) is 52.3 Å². The van der Waals surface area contributed by atoms with Gasteiger partial charge in [0.25, 0.3) is 0 Å². The van der Waals surface area contributed by atoms with Crippen molar-refractivity contribution in [1.82, 2.24) is 10.6 Å². The molecule has 3 aliphatic rings. The average molecular weight is 1170 g/mol. The Bertz CT molecular complexity index is 1780. The highest BCUT2D eigenvalue weighted by molar-refractivity contribution is 5.81. The third kappa shape index (κ3) is 30.3. The second-order valence-corrected chi connectivity index (χ2v) is 23.8. The van der Waals surface area contributed by atoms with Crippen LogP contribution in [0.1, 0.15) is 240 Å². The Labute approximate surface area is 493 Å². The lowest BCUT2D eigenvalue weighted by Crippen LogP contribution is -2.68. The van der Waals surface area contributed by atoms with Crippen LogP contribution in [0.3, 0.4) is 0 Å². The van der Waals surface area contributed by atoms with Gasteiger partial charge in [-0.25, -0.2) is 0 Å². The summed E-state index contributed by atoms with van der Waals surface area (Å²) in [4.78, 5) is 52.0. The molecule has 82 heavy (non-hydrogen) atoms. The summed E-state index contributed by atoms with van der Waals surface area (Å²) < 4.78 is 41.0. The quantitative estimate of drug-likeness (QED) is 0.0123. The van der Waals surface area contributed by atoms with Crippen molar-refractivity contribution in [3.8, 4) is 0 Å². The van der Waals surface area contributed by atoms with Crippen molar-refractivity contribution in [2.24, 2.45) is 17.2 Å².